The predicted octanol–water partition coefficient (Wildman–Crippen LogP) is 3.21. The van der Waals surface area contributed by atoms with Crippen LogP contribution in [0.4, 0.5) is 0 Å². The lowest BCUT2D eigenvalue weighted by atomic mass is 9.86. The molecule has 1 aromatic carbocycles. The van der Waals surface area contributed by atoms with Crippen LogP contribution in [0.3, 0.4) is 0 Å². The van der Waals surface area contributed by atoms with Crippen LogP contribution < -0.4 is 11.1 Å². The third-order valence-electron chi connectivity index (χ3n) is 2.77. The van der Waals surface area contributed by atoms with E-state index in [1.54, 1.807) is 18.2 Å². The first-order chi connectivity index (χ1) is 8.25. The number of benzene rings is 1. The molecule has 18 heavy (non-hydrogen) atoms. The lowest BCUT2D eigenvalue weighted by molar-refractivity contribution is 0.0905. The Morgan fingerprint density at radius 2 is 2.11 bits per heavy atom. The molecule has 0 fully saturated rings. The maximum absolute atomic E-state index is 12.1. The van der Waals surface area contributed by atoms with E-state index in [-0.39, 0.29) is 17.4 Å². The van der Waals surface area contributed by atoms with Gasteiger partial charge in [0.05, 0.1) is 5.02 Å². The van der Waals surface area contributed by atoms with Gasteiger partial charge in [0.2, 0.25) is 0 Å². The zero-order valence-corrected chi connectivity index (χ0v) is 13.1. The molecule has 0 saturated heterocycles. The average molecular weight is 334 g/mol. The molecular formula is C13H18BrClN2O. The highest BCUT2D eigenvalue weighted by atomic mass is 79.9. The molecule has 0 saturated carbocycles. The fourth-order valence-corrected chi connectivity index (χ4v) is 1.94. The van der Waals surface area contributed by atoms with Gasteiger partial charge in [-0.2, -0.15) is 0 Å². The molecule has 0 aliphatic carbocycles. The van der Waals surface area contributed by atoms with Crippen molar-refractivity contribution in [1.82, 2.24) is 5.32 Å². The molecule has 1 atom stereocenters. The molecule has 0 bridgehead atoms. The van der Waals surface area contributed by atoms with E-state index in [1.165, 1.54) is 0 Å². The maximum atomic E-state index is 12.1. The zero-order chi connectivity index (χ0) is 13.9. The van der Waals surface area contributed by atoms with E-state index in [4.69, 9.17) is 17.3 Å². The van der Waals surface area contributed by atoms with Crippen molar-refractivity contribution in [2.75, 3.05) is 6.54 Å². The lowest BCUT2D eigenvalue weighted by Gasteiger charge is -2.30. The monoisotopic (exact) mass is 332 g/mol. The summed E-state index contributed by atoms with van der Waals surface area (Å²) < 4.78 is 0.770. The van der Waals surface area contributed by atoms with E-state index in [0.29, 0.717) is 17.1 Å². The van der Waals surface area contributed by atoms with Crippen LogP contribution in [0, 0.1) is 5.41 Å². The molecule has 0 heterocycles. The Balaban J connectivity index is 2.85. The Morgan fingerprint density at radius 1 is 1.50 bits per heavy atom. The summed E-state index contributed by atoms with van der Waals surface area (Å²) >= 11 is 9.26. The van der Waals surface area contributed by atoms with Crippen molar-refractivity contribution >= 4 is 33.4 Å². The van der Waals surface area contributed by atoms with Crippen LogP contribution in [0.15, 0.2) is 22.7 Å². The Hall–Kier alpha value is -0.580. The summed E-state index contributed by atoms with van der Waals surface area (Å²) in [7, 11) is 0. The van der Waals surface area contributed by atoms with E-state index in [9.17, 15) is 4.79 Å². The number of hydrogen-bond donors (Lipinski definition) is 2. The SMILES string of the molecule is CC(C)(C)C(CN)NC(=O)c1ccc(Br)c(Cl)c1. The van der Waals surface area contributed by atoms with Crippen LogP contribution in [0.5, 0.6) is 0 Å². The van der Waals surface area contributed by atoms with E-state index < -0.39 is 0 Å². The largest absolute Gasteiger partial charge is 0.348 e. The number of rotatable bonds is 3. The van der Waals surface area contributed by atoms with Gasteiger partial charge in [-0.05, 0) is 39.5 Å². The number of carbonyl (C=O) groups excluding carboxylic acids is 1. The molecule has 0 aliphatic rings. The van der Waals surface area contributed by atoms with E-state index >= 15 is 0 Å². The zero-order valence-electron chi connectivity index (χ0n) is 10.8. The first kappa shape index (κ1) is 15.5. The average Bonchev–Trinajstić information content (AvgIpc) is 2.27. The minimum absolute atomic E-state index is 0.0765. The van der Waals surface area contributed by atoms with Gasteiger partial charge in [-0.3, -0.25) is 4.79 Å². The summed E-state index contributed by atoms with van der Waals surface area (Å²) in [5.41, 5.74) is 6.14. The Labute approximate surface area is 121 Å². The Kier molecular flexibility index (Phi) is 5.20. The van der Waals surface area contributed by atoms with Crippen LogP contribution in [0.25, 0.3) is 0 Å². The molecule has 1 aromatic rings. The second-order valence-corrected chi connectivity index (χ2v) is 6.52. The van der Waals surface area contributed by atoms with Gasteiger partial charge in [-0.15, -0.1) is 0 Å². The molecule has 0 radical (unpaired) electrons. The van der Waals surface area contributed by atoms with Crippen molar-refractivity contribution in [2.24, 2.45) is 11.1 Å². The summed E-state index contributed by atoms with van der Waals surface area (Å²) in [6.45, 7) is 6.53. The number of halogens is 2. The fourth-order valence-electron chi connectivity index (χ4n) is 1.51. The van der Waals surface area contributed by atoms with Gasteiger partial charge >= 0.3 is 0 Å². The Bertz CT molecular complexity index is 443. The van der Waals surface area contributed by atoms with E-state index in [0.717, 1.165) is 4.47 Å². The van der Waals surface area contributed by atoms with Gasteiger partial charge < -0.3 is 11.1 Å². The minimum atomic E-state index is -0.158. The lowest BCUT2D eigenvalue weighted by Crippen LogP contribution is -2.48. The molecule has 3 nitrogen and oxygen atoms in total. The van der Waals surface area contributed by atoms with Crippen molar-refractivity contribution in [2.45, 2.75) is 26.8 Å². The normalized spacial score (nSPS) is 13.2. The summed E-state index contributed by atoms with van der Waals surface area (Å²) in [6.07, 6.45) is 0. The number of hydrogen-bond acceptors (Lipinski definition) is 2. The van der Waals surface area contributed by atoms with Crippen LogP contribution >= 0.6 is 27.5 Å². The highest BCUT2D eigenvalue weighted by molar-refractivity contribution is 9.10. The molecule has 3 N–H and O–H groups in total. The van der Waals surface area contributed by atoms with Crippen LogP contribution in [0.1, 0.15) is 31.1 Å². The van der Waals surface area contributed by atoms with Crippen molar-refractivity contribution < 1.29 is 4.79 Å². The molecule has 5 heteroatoms. The van der Waals surface area contributed by atoms with Crippen LogP contribution in [-0.4, -0.2) is 18.5 Å². The van der Waals surface area contributed by atoms with Gasteiger partial charge in [0.25, 0.3) is 5.91 Å². The van der Waals surface area contributed by atoms with Gasteiger partial charge in [0, 0.05) is 22.6 Å². The summed E-state index contributed by atoms with van der Waals surface area (Å²) in [6, 6.07) is 5.04. The van der Waals surface area contributed by atoms with Gasteiger partial charge in [0.1, 0.15) is 0 Å². The first-order valence-electron chi connectivity index (χ1n) is 5.71. The fraction of sp³-hybridized carbons (Fsp3) is 0.462. The van der Waals surface area contributed by atoms with Crippen LogP contribution in [-0.2, 0) is 0 Å². The number of nitrogens with two attached hydrogens (primary N) is 1. The highest BCUT2D eigenvalue weighted by Gasteiger charge is 2.25. The molecule has 1 amide bonds. The molecule has 0 aromatic heterocycles. The number of nitrogens with one attached hydrogen (secondary N) is 1. The topological polar surface area (TPSA) is 55.1 Å². The second kappa shape index (κ2) is 6.04. The first-order valence-corrected chi connectivity index (χ1v) is 6.88. The number of amides is 1. The maximum Gasteiger partial charge on any atom is 0.251 e. The van der Waals surface area contributed by atoms with E-state index in [2.05, 4.69) is 21.2 Å². The Morgan fingerprint density at radius 3 is 2.56 bits per heavy atom. The highest BCUT2D eigenvalue weighted by Crippen LogP contribution is 2.24. The second-order valence-electron chi connectivity index (χ2n) is 5.26. The van der Waals surface area contributed by atoms with E-state index in [1.807, 2.05) is 20.8 Å². The summed E-state index contributed by atoms with van der Waals surface area (Å²) in [5, 5.41) is 3.45. The van der Waals surface area contributed by atoms with Gasteiger partial charge in [-0.25, -0.2) is 0 Å². The quantitative estimate of drug-likeness (QED) is 0.892. The minimum Gasteiger partial charge on any atom is -0.348 e. The predicted molar refractivity (Wildman–Crippen MR) is 78.9 cm³/mol. The van der Waals surface area contributed by atoms with Gasteiger partial charge in [-0.1, -0.05) is 32.4 Å². The molecule has 100 valence electrons. The summed E-state index contributed by atoms with van der Waals surface area (Å²) in [4.78, 5) is 12.1. The van der Waals surface area contributed by atoms with Gasteiger partial charge in [0.15, 0.2) is 0 Å². The third-order valence-corrected chi connectivity index (χ3v) is 4.00. The molecular weight excluding hydrogens is 316 g/mol. The standard InChI is InChI=1S/C13H18BrClN2O/c1-13(2,3)11(7-16)17-12(18)8-4-5-9(14)10(15)6-8/h4-6,11H,7,16H2,1-3H3,(H,17,18). The molecule has 1 unspecified atom stereocenters. The molecule has 1 rings (SSSR count). The summed E-state index contributed by atoms with van der Waals surface area (Å²) in [5.74, 6) is -0.158. The van der Waals surface area contributed by atoms with Crippen molar-refractivity contribution in [3.63, 3.8) is 0 Å². The smallest absolute Gasteiger partial charge is 0.251 e. The van der Waals surface area contributed by atoms with Crippen molar-refractivity contribution in [3.05, 3.63) is 33.3 Å². The molecule has 0 aliphatic heterocycles. The van der Waals surface area contributed by atoms with Crippen molar-refractivity contribution in [1.29, 1.82) is 0 Å². The number of carbonyl (C=O) groups is 1. The van der Waals surface area contributed by atoms with Crippen LogP contribution in [0.2, 0.25) is 5.02 Å². The third kappa shape index (κ3) is 3.97. The van der Waals surface area contributed by atoms with Crippen molar-refractivity contribution in [3.8, 4) is 0 Å². The molecule has 0 spiro atoms.